The number of benzene rings is 1. The fourth-order valence-corrected chi connectivity index (χ4v) is 2.32. The molecule has 2 aliphatic heterocycles. The van der Waals surface area contributed by atoms with Crippen molar-refractivity contribution in [2.24, 2.45) is 0 Å². The lowest BCUT2D eigenvalue weighted by molar-refractivity contribution is 0.103. The van der Waals surface area contributed by atoms with Crippen molar-refractivity contribution in [3.63, 3.8) is 0 Å². The molecule has 5 nitrogen and oxygen atoms in total. The first-order chi connectivity index (χ1) is 9.79. The van der Waals surface area contributed by atoms with Crippen molar-refractivity contribution < 1.29 is 14.3 Å². The zero-order valence-corrected chi connectivity index (χ0v) is 11.1. The highest BCUT2D eigenvalue weighted by Gasteiger charge is 2.21. The highest BCUT2D eigenvalue weighted by atomic mass is 16.7. The molecular formula is C15H16N2O3. The van der Waals surface area contributed by atoms with Crippen LogP contribution in [0.3, 0.4) is 0 Å². The first-order valence-corrected chi connectivity index (χ1v) is 6.55. The van der Waals surface area contributed by atoms with Gasteiger partial charge >= 0.3 is 0 Å². The van der Waals surface area contributed by atoms with Gasteiger partial charge in [-0.3, -0.25) is 4.79 Å². The third-order valence-corrected chi connectivity index (χ3v) is 3.29. The largest absolute Gasteiger partial charge is 0.454 e. The highest BCUT2D eigenvalue weighted by Crippen LogP contribution is 2.33. The predicted octanol–water partition coefficient (Wildman–Crippen LogP) is 1.58. The quantitative estimate of drug-likeness (QED) is 0.495. The summed E-state index contributed by atoms with van der Waals surface area (Å²) in [6, 6.07) is 5.25. The van der Waals surface area contributed by atoms with Crippen molar-refractivity contribution in [1.29, 1.82) is 0 Å². The summed E-state index contributed by atoms with van der Waals surface area (Å²) in [5.41, 5.74) is 1.28. The number of rotatable bonds is 4. The van der Waals surface area contributed by atoms with Gasteiger partial charge in [0.1, 0.15) is 5.82 Å². The number of carbonyl (C=O) groups is 1. The fourth-order valence-electron chi connectivity index (χ4n) is 2.32. The van der Waals surface area contributed by atoms with Crippen LogP contribution in [0.4, 0.5) is 0 Å². The Morgan fingerprint density at radius 1 is 1.25 bits per heavy atom. The maximum absolute atomic E-state index is 12.6. The Hall–Kier alpha value is -2.43. The zero-order valence-electron chi connectivity index (χ0n) is 11.1. The van der Waals surface area contributed by atoms with Crippen molar-refractivity contribution in [3.8, 4) is 11.5 Å². The molecule has 104 valence electrons. The molecule has 1 aromatic carbocycles. The van der Waals surface area contributed by atoms with E-state index >= 15 is 0 Å². The van der Waals surface area contributed by atoms with Gasteiger partial charge in [-0.25, -0.2) is 0 Å². The second-order valence-electron chi connectivity index (χ2n) is 4.60. The van der Waals surface area contributed by atoms with E-state index < -0.39 is 0 Å². The minimum absolute atomic E-state index is 0.0277. The molecule has 0 radical (unpaired) electrons. The van der Waals surface area contributed by atoms with E-state index in [9.17, 15) is 4.79 Å². The number of ether oxygens (including phenoxy) is 2. The number of allylic oxidation sites excluding steroid dienone is 2. The average molecular weight is 272 g/mol. The molecule has 0 saturated carbocycles. The molecular weight excluding hydrogens is 256 g/mol. The van der Waals surface area contributed by atoms with Crippen molar-refractivity contribution in [1.82, 2.24) is 10.6 Å². The Morgan fingerprint density at radius 3 is 2.75 bits per heavy atom. The maximum Gasteiger partial charge on any atom is 0.231 e. The SMILES string of the molecule is C=CCC(C(=O)c1ccc2c(c1)OCO2)=C1NCCN1. The topological polar surface area (TPSA) is 59.6 Å². The first kappa shape index (κ1) is 12.6. The lowest BCUT2D eigenvalue weighted by Gasteiger charge is -2.10. The summed E-state index contributed by atoms with van der Waals surface area (Å²) in [5, 5.41) is 6.38. The van der Waals surface area contributed by atoms with E-state index in [0.29, 0.717) is 29.1 Å². The van der Waals surface area contributed by atoms with Gasteiger partial charge in [0, 0.05) is 24.2 Å². The van der Waals surface area contributed by atoms with Gasteiger partial charge in [-0.1, -0.05) is 6.08 Å². The van der Waals surface area contributed by atoms with Crippen LogP contribution < -0.4 is 20.1 Å². The summed E-state index contributed by atoms with van der Waals surface area (Å²) in [6.07, 6.45) is 2.25. The van der Waals surface area contributed by atoms with E-state index in [0.717, 1.165) is 18.9 Å². The number of Topliss-reactive ketones (excluding diaryl/α,β-unsaturated/α-hetero) is 1. The minimum atomic E-state index is -0.0277. The van der Waals surface area contributed by atoms with Gasteiger partial charge < -0.3 is 20.1 Å². The summed E-state index contributed by atoms with van der Waals surface area (Å²) < 4.78 is 10.6. The van der Waals surface area contributed by atoms with E-state index in [-0.39, 0.29) is 12.6 Å². The molecule has 0 atom stereocenters. The standard InChI is InChI=1S/C15H16N2O3/c1-2-3-11(15-16-6-7-17-15)14(18)10-4-5-12-13(8-10)20-9-19-12/h2,4-5,8,16-17H,1,3,6-7,9H2. The summed E-state index contributed by atoms with van der Waals surface area (Å²) in [6.45, 7) is 5.57. The van der Waals surface area contributed by atoms with Crippen LogP contribution in [0.5, 0.6) is 11.5 Å². The first-order valence-electron chi connectivity index (χ1n) is 6.55. The molecule has 1 aromatic rings. The van der Waals surface area contributed by atoms with Crippen LogP contribution in [-0.2, 0) is 0 Å². The van der Waals surface area contributed by atoms with Crippen molar-refractivity contribution in [2.75, 3.05) is 19.9 Å². The molecule has 0 spiro atoms. The monoisotopic (exact) mass is 272 g/mol. The normalized spacial score (nSPS) is 15.5. The van der Waals surface area contributed by atoms with Crippen LogP contribution >= 0.6 is 0 Å². The zero-order chi connectivity index (χ0) is 13.9. The van der Waals surface area contributed by atoms with Crippen LogP contribution in [0.1, 0.15) is 16.8 Å². The number of nitrogens with one attached hydrogen (secondary N) is 2. The van der Waals surface area contributed by atoms with Crippen molar-refractivity contribution >= 4 is 5.78 Å². The molecule has 0 amide bonds. The van der Waals surface area contributed by atoms with Gasteiger partial charge in [0.25, 0.3) is 0 Å². The molecule has 1 fully saturated rings. The van der Waals surface area contributed by atoms with E-state index in [2.05, 4.69) is 17.2 Å². The number of fused-ring (bicyclic) bond motifs is 1. The second kappa shape index (κ2) is 5.28. The van der Waals surface area contributed by atoms with E-state index in [1.165, 1.54) is 0 Å². The Labute approximate surface area is 117 Å². The van der Waals surface area contributed by atoms with E-state index in [4.69, 9.17) is 9.47 Å². The molecule has 2 N–H and O–H groups in total. The lowest BCUT2D eigenvalue weighted by Crippen LogP contribution is -2.18. The minimum Gasteiger partial charge on any atom is -0.454 e. The van der Waals surface area contributed by atoms with Gasteiger partial charge in [-0.2, -0.15) is 0 Å². The Bertz CT molecular complexity index is 585. The number of hydrogen-bond donors (Lipinski definition) is 2. The van der Waals surface area contributed by atoms with Crippen LogP contribution in [0.2, 0.25) is 0 Å². The molecule has 2 aliphatic rings. The van der Waals surface area contributed by atoms with Gasteiger partial charge in [-0.15, -0.1) is 6.58 Å². The molecule has 0 aromatic heterocycles. The molecule has 5 heteroatoms. The van der Waals surface area contributed by atoms with Crippen molar-refractivity contribution in [3.05, 3.63) is 47.8 Å². The smallest absolute Gasteiger partial charge is 0.231 e. The number of ketones is 1. The van der Waals surface area contributed by atoms with E-state index in [1.807, 2.05) is 0 Å². The summed E-state index contributed by atoms with van der Waals surface area (Å²) in [7, 11) is 0. The van der Waals surface area contributed by atoms with Gasteiger partial charge in [-0.05, 0) is 24.6 Å². The Balaban J connectivity index is 1.93. The summed E-state index contributed by atoms with van der Waals surface area (Å²) >= 11 is 0. The van der Waals surface area contributed by atoms with Crippen LogP contribution in [0.15, 0.2) is 42.2 Å². The van der Waals surface area contributed by atoms with Crippen molar-refractivity contribution in [2.45, 2.75) is 6.42 Å². The number of hydrogen-bond acceptors (Lipinski definition) is 5. The van der Waals surface area contributed by atoms with Gasteiger partial charge in [0.2, 0.25) is 6.79 Å². The third-order valence-electron chi connectivity index (χ3n) is 3.29. The Morgan fingerprint density at radius 2 is 2.00 bits per heavy atom. The second-order valence-corrected chi connectivity index (χ2v) is 4.60. The average Bonchev–Trinajstić information content (AvgIpc) is 3.13. The summed E-state index contributed by atoms with van der Waals surface area (Å²) in [5.74, 6) is 2.07. The van der Waals surface area contributed by atoms with Crippen LogP contribution in [0, 0.1) is 0 Å². The van der Waals surface area contributed by atoms with E-state index in [1.54, 1.807) is 24.3 Å². The predicted molar refractivity (Wildman–Crippen MR) is 74.7 cm³/mol. The molecule has 3 rings (SSSR count). The molecule has 1 saturated heterocycles. The molecule has 0 unspecified atom stereocenters. The molecule has 2 heterocycles. The fraction of sp³-hybridized carbons (Fsp3) is 0.267. The maximum atomic E-state index is 12.6. The highest BCUT2D eigenvalue weighted by molar-refractivity contribution is 6.09. The molecule has 20 heavy (non-hydrogen) atoms. The van der Waals surface area contributed by atoms with Crippen LogP contribution in [0.25, 0.3) is 0 Å². The van der Waals surface area contributed by atoms with Gasteiger partial charge in [0.05, 0.1) is 0 Å². The number of carbonyl (C=O) groups excluding carboxylic acids is 1. The van der Waals surface area contributed by atoms with Gasteiger partial charge in [0.15, 0.2) is 17.3 Å². The van der Waals surface area contributed by atoms with Crippen LogP contribution in [-0.4, -0.2) is 25.7 Å². The summed E-state index contributed by atoms with van der Waals surface area (Å²) in [4.78, 5) is 12.6. The molecule has 0 aliphatic carbocycles. The lowest BCUT2D eigenvalue weighted by atomic mass is 10.00. The third kappa shape index (κ3) is 2.22. The Kier molecular flexibility index (Phi) is 3.33. The molecule has 0 bridgehead atoms.